The second kappa shape index (κ2) is 5.34. The number of likely N-dealkylation sites (tertiary alicyclic amines) is 1. The van der Waals surface area contributed by atoms with Crippen molar-refractivity contribution in [3.8, 4) is 0 Å². The van der Waals surface area contributed by atoms with Crippen molar-refractivity contribution in [2.24, 2.45) is 11.7 Å². The molecule has 3 amide bonds. The number of nitrogens with two attached hydrogens (primary N) is 1. The molecule has 7 nitrogen and oxygen atoms in total. The van der Waals surface area contributed by atoms with Gasteiger partial charge in [0.1, 0.15) is 0 Å². The summed E-state index contributed by atoms with van der Waals surface area (Å²) in [7, 11) is 0. The summed E-state index contributed by atoms with van der Waals surface area (Å²) in [5.74, 6) is -0.589. The summed E-state index contributed by atoms with van der Waals surface area (Å²) in [5, 5.41) is 2.69. The van der Waals surface area contributed by atoms with Crippen LogP contribution in [-0.4, -0.2) is 66.8 Å². The van der Waals surface area contributed by atoms with Crippen LogP contribution in [0.5, 0.6) is 0 Å². The van der Waals surface area contributed by atoms with Crippen molar-refractivity contribution in [2.45, 2.75) is 6.42 Å². The number of carbonyl (C=O) groups is 3. The number of rotatable bonds is 3. The predicted molar refractivity (Wildman–Crippen MR) is 63.3 cm³/mol. The van der Waals surface area contributed by atoms with Gasteiger partial charge in [-0.1, -0.05) is 0 Å². The Kier molecular flexibility index (Phi) is 3.81. The zero-order valence-electron chi connectivity index (χ0n) is 10.2. The van der Waals surface area contributed by atoms with Crippen molar-refractivity contribution in [3.05, 3.63) is 0 Å². The maximum atomic E-state index is 12.2. The maximum absolute atomic E-state index is 12.2. The molecular weight excluding hydrogens is 236 g/mol. The zero-order valence-corrected chi connectivity index (χ0v) is 10.2. The van der Waals surface area contributed by atoms with Crippen molar-refractivity contribution >= 4 is 17.7 Å². The monoisotopic (exact) mass is 254 g/mol. The molecule has 0 aromatic heterocycles. The van der Waals surface area contributed by atoms with Gasteiger partial charge in [0.05, 0.1) is 19.0 Å². The van der Waals surface area contributed by atoms with Gasteiger partial charge < -0.3 is 16.0 Å². The largest absolute Gasteiger partial charge is 0.369 e. The molecule has 2 heterocycles. The van der Waals surface area contributed by atoms with Crippen molar-refractivity contribution in [1.29, 1.82) is 0 Å². The lowest BCUT2D eigenvalue weighted by molar-refractivity contribution is -0.141. The number of amides is 3. The molecule has 100 valence electrons. The Bertz CT molecular complexity index is 371. The van der Waals surface area contributed by atoms with Gasteiger partial charge in [-0.25, -0.2) is 0 Å². The van der Waals surface area contributed by atoms with Crippen LogP contribution in [0.25, 0.3) is 0 Å². The molecule has 0 aromatic rings. The van der Waals surface area contributed by atoms with E-state index in [-0.39, 0.29) is 36.7 Å². The van der Waals surface area contributed by atoms with Crippen LogP contribution in [-0.2, 0) is 14.4 Å². The highest BCUT2D eigenvalue weighted by Gasteiger charge is 2.33. The molecule has 2 aliphatic rings. The summed E-state index contributed by atoms with van der Waals surface area (Å²) in [6.07, 6.45) is 0.726. The topological polar surface area (TPSA) is 95.7 Å². The number of hydrogen-bond acceptors (Lipinski definition) is 4. The van der Waals surface area contributed by atoms with Gasteiger partial charge >= 0.3 is 0 Å². The fourth-order valence-electron chi connectivity index (χ4n) is 2.48. The smallest absolute Gasteiger partial charge is 0.239 e. The average Bonchev–Trinajstić information content (AvgIpc) is 2.75. The van der Waals surface area contributed by atoms with Gasteiger partial charge in [0, 0.05) is 19.6 Å². The van der Waals surface area contributed by atoms with Gasteiger partial charge in [0.25, 0.3) is 0 Å². The molecule has 1 atom stereocenters. The number of carbonyl (C=O) groups excluding carboxylic acids is 3. The third-order valence-corrected chi connectivity index (χ3v) is 3.35. The molecule has 0 aliphatic carbocycles. The Morgan fingerprint density at radius 2 is 2.17 bits per heavy atom. The second-order valence-electron chi connectivity index (χ2n) is 4.80. The molecule has 0 bridgehead atoms. The van der Waals surface area contributed by atoms with E-state index in [9.17, 15) is 14.4 Å². The number of nitrogens with zero attached hydrogens (tertiary/aromatic N) is 2. The number of nitrogens with one attached hydrogen (secondary N) is 1. The molecule has 0 radical (unpaired) electrons. The predicted octanol–water partition coefficient (Wildman–Crippen LogP) is -2.25. The third kappa shape index (κ3) is 2.98. The molecule has 2 saturated heterocycles. The highest BCUT2D eigenvalue weighted by molar-refractivity contribution is 5.87. The molecule has 0 spiro atoms. The maximum Gasteiger partial charge on any atom is 0.239 e. The van der Waals surface area contributed by atoms with E-state index < -0.39 is 0 Å². The summed E-state index contributed by atoms with van der Waals surface area (Å²) in [6, 6.07) is 0. The Labute approximate surface area is 105 Å². The highest BCUT2D eigenvalue weighted by Crippen LogP contribution is 2.18. The zero-order chi connectivity index (χ0) is 13.1. The van der Waals surface area contributed by atoms with Crippen LogP contribution in [0.3, 0.4) is 0 Å². The Morgan fingerprint density at radius 1 is 1.39 bits per heavy atom. The van der Waals surface area contributed by atoms with Crippen molar-refractivity contribution in [1.82, 2.24) is 15.1 Å². The molecule has 1 unspecified atom stereocenters. The van der Waals surface area contributed by atoms with E-state index in [1.165, 1.54) is 0 Å². The minimum Gasteiger partial charge on any atom is -0.369 e. The molecule has 2 aliphatic heterocycles. The number of hydrogen-bond donors (Lipinski definition) is 2. The quantitative estimate of drug-likeness (QED) is 0.595. The van der Waals surface area contributed by atoms with Gasteiger partial charge in [-0.2, -0.15) is 0 Å². The van der Waals surface area contributed by atoms with Crippen LogP contribution in [0.2, 0.25) is 0 Å². The van der Waals surface area contributed by atoms with E-state index in [0.717, 1.165) is 6.42 Å². The van der Waals surface area contributed by atoms with Crippen LogP contribution in [0.1, 0.15) is 6.42 Å². The second-order valence-corrected chi connectivity index (χ2v) is 4.80. The molecule has 2 fully saturated rings. The molecule has 0 saturated carbocycles. The fraction of sp³-hybridized carbons (Fsp3) is 0.727. The van der Waals surface area contributed by atoms with Crippen molar-refractivity contribution in [3.63, 3.8) is 0 Å². The minimum absolute atomic E-state index is 0.0109. The normalized spacial score (nSPS) is 25.0. The number of piperazine rings is 1. The lowest BCUT2D eigenvalue weighted by Crippen LogP contribution is -2.51. The Hall–Kier alpha value is -1.63. The van der Waals surface area contributed by atoms with E-state index in [4.69, 9.17) is 5.73 Å². The van der Waals surface area contributed by atoms with Crippen LogP contribution < -0.4 is 11.1 Å². The molecule has 18 heavy (non-hydrogen) atoms. The van der Waals surface area contributed by atoms with Gasteiger partial charge in [0.15, 0.2) is 0 Å². The summed E-state index contributed by atoms with van der Waals surface area (Å²) in [4.78, 5) is 37.7. The van der Waals surface area contributed by atoms with Gasteiger partial charge in [-0.15, -0.1) is 0 Å². The highest BCUT2D eigenvalue weighted by atomic mass is 16.2. The lowest BCUT2D eigenvalue weighted by Gasteiger charge is -2.29. The summed E-state index contributed by atoms with van der Waals surface area (Å²) >= 11 is 0. The van der Waals surface area contributed by atoms with E-state index in [1.807, 2.05) is 4.90 Å². The summed E-state index contributed by atoms with van der Waals surface area (Å²) < 4.78 is 0. The average molecular weight is 254 g/mol. The molecule has 7 heteroatoms. The number of primary amides is 1. The first kappa shape index (κ1) is 12.8. The first-order valence-corrected chi connectivity index (χ1v) is 6.12. The Morgan fingerprint density at radius 3 is 2.83 bits per heavy atom. The standard InChI is InChI=1S/C11H18N4O3/c12-9(16)6-14-3-1-8(5-14)11(18)15-4-2-13-10(17)7-15/h8H,1-7H2,(H2,12,16)(H,13,17). The van der Waals surface area contributed by atoms with Crippen LogP contribution >= 0.6 is 0 Å². The third-order valence-electron chi connectivity index (χ3n) is 3.35. The van der Waals surface area contributed by atoms with Crippen LogP contribution in [0.15, 0.2) is 0 Å². The summed E-state index contributed by atoms with van der Waals surface area (Å²) in [6.45, 7) is 2.69. The molecule has 2 rings (SSSR count). The van der Waals surface area contributed by atoms with Gasteiger partial charge in [-0.05, 0) is 13.0 Å². The van der Waals surface area contributed by atoms with E-state index >= 15 is 0 Å². The first-order valence-electron chi connectivity index (χ1n) is 6.12. The van der Waals surface area contributed by atoms with Gasteiger partial charge in [-0.3, -0.25) is 19.3 Å². The minimum atomic E-state index is -0.375. The summed E-state index contributed by atoms with van der Waals surface area (Å²) in [5.41, 5.74) is 5.13. The SMILES string of the molecule is NC(=O)CN1CCC(C(=O)N2CCNC(=O)C2)C1. The van der Waals surface area contributed by atoms with Crippen LogP contribution in [0, 0.1) is 5.92 Å². The first-order chi connectivity index (χ1) is 8.56. The van der Waals surface area contributed by atoms with Crippen LogP contribution in [0.4, 0.5) is 0 Å². The van der Waals surface area contributed by atoms with Gasteiger partial charge in [0.2, 0.25) is 17.7 Å². The molecule has 3 N–H and O–H groups in total. The molecule has 0 aromatic carbocycles. The van der Waals surface area contributed by atoms with E-state index in [0.29, 0.717) is 26.2 Å². The lowest BCUT2D eigenvalue weighted by atomic mass is 10.1. The fourth-order valence-corrected chi connectivity index (χ4v) is 2.48. The van der Waals surface area contributed by atoms with Crippen molar-refractivity contribution in [2.75, 3.05) is 39.3 Å². The van der Waals surface area contributed by atoms with Crippen molar-refractivity contribution < 1.29 is 14.4 Å². The Balaban J connectivity index is 1.86. The van der Waals surface area contributed by atoms with E-state index in [2.05, 4.69) is 5.32 Å². The van der Waals surface area contributed by atoms with E-state index in [1.54, 1.807) is 4.90 Å². The molecular formula is C11H18N4O3.